The lowest BCUT2D eigenvalue weighted by Gasteiger charge is -1.93. The standard InChI is InChI=1S/C7H5FI/c1-5-2-3-7(9)6(8)4-5/h2-4H,1H2. The van der Waals surface area contributed by atoms with Gasteiger partial charge in [-0.1, -0.05) is 6.07 Å². The molecule has 1 rings (SSSR count). The lowest BCUT2D eigenvalue weighted by Crippen LogP contribution is -1.80. The molecule has 0 atom stereocenters. The summed E-state index contributed by atoms with van der Waals surface area (Å²) < 4.78 is 13.2. The molecule has 0 nitrogen and oxygen atoms in total. The van der Waals surface area contributed by atoms with E-state index in [2.05, 4.69) is 6.92 Å². The van der Waals surface area contributed by atoms with Crippen LogP contribution in [0.5, 0.6) is 0 Å². The molecule has 0 spiro atoms. The van der Waals surface area contributed by atoms with Crippen molar-refractivity contribution in [2.75, 3.05) is 0 Å². The van der Waals surface area contributed by atoms with E-state index >= 15 is 0 Å². The van der Waals surface area contributed by atoms with E-state index < -0.39 is 0 Å². The molecule has 0 saturated carbocycles. The van der Waals surface area contributed by atoms with Crippen LogP contribution in [0.15, 0.2) is 18.2 Å². The maximum atomic E-state index is 12.5. The fourth-order valence-electron chi connectivity index (χ4n) is 0.540. The van der Waals surface area contributed by atoms with Gasteiger partial charge in [-0.15, -0.1) is 0 Å². The molecule has 0 heterocycles. The predicted octanol–water partition coefficient (Wildman–Crippen LogP) is 2.61. The van der Waals surface area contributed by atoms with E-state index in [9.17, 15) is 4.39 Å². The first-order valence-electron chi connectivity index (χ1n) is 2.47. The fourth-order valence-corrected chi connectivity index (χ4v) is 0.875. The maximum Gasteiger partial charge on any atom is 0.136 e. The molecule has 0 bridgehead atoms. The largest absolute Gasteiger partial charge is 0.206 e. The Hall–Kier alpha value is -0.120. The van der Waals surface area contributed by atoms with Gasteiger partial charge in [-0.3, -0.25) is 0 Å². The Bertz CT molecular complexity index is 220. The van der Waals surface area contributed by atoms with Crippen LogP contribution in [0, 0.1) is 16.3 Å². The van der Waals surface area contributed by atoms with Crippen LogP contribution in [-0.4, -0.2) is 0 Å². The Morgan fingerprint density at radius 2 is 2.11 bits per heavy atom. The first-order chi connectivity index (χ1) is 4.20. The van der Waals surface area contributed by atoms with Gasteiger partial charge in [0.15, 0.2) is 0 Å². The summed E-state index contributed by atoms with van der Waals surface area (Å²) in [5.74, 6) is -0.192. The Morgan fingerprint density at radius 1 is 1.44 bits per heavy atom. The molecular formula is C7H5FI. The lowest BCUT2D eigenvalue weighted by molar-refractivity contribution is 0.620. The molecule has 0 unspecified atom stereocenters. The maximum absolute atomic E-state index is 12.5. The smallest absolute Gasteiger partial charge is 0.136 e. The van der Waals surface area contributed by atoms with Gasteiger partial charge < -0.3 is 0 Å². The van der Waals surface area contributed by atoms with Crippen molar-refractivity contribution >= 4 is 22.6 Å². The van der Waals surface area contributed by atoms with Crippen LogP contribution in [0.4, 0.5) is 4.39 Å². The zero-order chi connectivity index (χ0) is 6.85. The van der Waals surface area contributed by atoms with Crippen molar-refractivity contribution in [3.05, 3.63) is 40.1 Å². The highest BCUT2D eigenvalue weighted by Gasteiger charge is 1.95. The van der Waals surface area contributed by atoms with Crippen LogP contribution >= 0.6 is 22.6 Å². The van der Waals surface area contributed by atoms with Crippen molar-refractivity contribution in [3.63, 3.8) is 0 Å². The van der Waals surface area contributed by atoms with Crippen LogP contribution in [-0.2, 0) is 0 Å². The highest BCUT2D eigenvalue weighted by atomic mass is 127. The fraction of sp³-hybridized carbons (Fsp3) is 0. The number of hydrogen-bond donors (Lipinski definition) is 0. The molecular weight excluding hydrogens is 230 g/mol. The monoisotopic (exact) mass is 235 g/mol. The topological polar surface area (TPSA) is 0 Å². The molecule has 0 aliphatic heterocycles. The van der Waals surface area contributed by atoms with E-state index in [0.717, 1.165) is 0 Å². The van der Waals surface area contributed by atoms with E-state index in [1.54, 1.807) is 12.1 Å². The Morgan fingerprint density at radius 3 is 2.56 bits per heavy atom. The molecule has 1 aromatic carbocycles. The molecule has 0 aromatic heterocycles. The van der Waals surface area contributed by atoms with Crippen LogP contribution < -0.4 is 0 Å². The van der Waals surface area contributed by atoms with Gasteiger partial charge in [0.2, 0.25) is 0 Å². The van der Waals surface area contributed by atoms with Crippen molar-refractivity contribution in [1.82, 2.24) is 0 Å². The van der Waals surface area contributed by atoms with Gasteiger partial charge >= 0.3 is 0 Å². The molecule has 9 heavy (non-hydrogen) atoms. The summed E-state index contributed by atoms with van der Waals surface area (Å²) in [6.45, 7) is 3.58. The van der Waals surface area contributed by atoms with Gasteiger partial charge in [0.1, 0.15) is 5.82 Å². The molecule has 1 aromatic rings. The van der Waals surface area contributed by atoms with Crippen LogP contribution in [0.25, 0.3) is 0 Å². The number of halogens is 2. The normalized spacial score (nSPS) is 9.67. The lowest BCUT2D eigenvalue weighted by atomic mass is 10.2. The predicted molar refractivity (Wildman–Crippen MR) is 43.6 cm³/mol. The minimum atomic E-state index is -0.192. The molecule has 0 aliphatic rings. The second-order valence-electron chi connectivity index (χ2n) is 1.75. The summed E-state index contributed by atoms with van der Waals surface area (Å²) in [7, 11) is 0. The van der Waals surface area contributed by atoms with E-state index in [1.807, 2.05) is 22.6 Å². The van der Waals surface area contributed by atoms with Crippen molar-refractivity contribution in [2.24, 2.45) is 0 Å². The third-order valence-electron chi connectivity index (χ3n) is 0.984. The van der Waals surface area contributed by atoms with E-state index in [-0.39, 0.29) is 5.82 Å². The zero-order valence-electron chi connectivity index (χ0n) is 4.70. The van der Waals surface area contributed by atoms with Crippen LogP contribution in [0.2, 0.25) is 0 Å². The summed E-state index contributed by atoms with van der Waals surface area (Å²) in [4.78, 5) is 0. The van der Waals surface area contributed by atoms with Gasteiger partial charge in [-0.25, -0.2) is 4.39 Å². The second-order valence-corrected chi connectivity index (χ2v) is 2.91. The Kier molecular flexibility index (Phi) is 2.05. The zero-order valence-corrected chi connectivity index (χ0v) is 6.85. The summed E-state index contributed by atoms with van der Waals surface area (Å²) in [5, 5.41) is 0. The molecule has 0 N–H and O–H groups in total. The summed E-state index contributed by atoms with van der Waals surface area (Å²) >= 11 is 1.94. The van der Waals surface area contributed by atoms with Gasteiger partial charge in [0, 0.05) is 3.57 Å². The Balaban J connectivity index is 3.17. The molecule has 0 amide bonds. The SMILES string of the molecule is [CH2]c1ccc(I)c(F)c1. The minimum absolute atomic E-state index is 0.192. The van der Waals surface area contributed by atoms with Gasteiger partial charge in [-0.2, -0.15) is 0 Å². The van der Waals surface area contributed by atoms with Crippen LogP contribution in [0.3, 0.4) is 0 Å². The first-order valence-corrected chi connectivity index (χ1v) is 3.55. The van der Waals surface area contributed by atoms with Crippen molar-refractivity contribution in [1.29, 1.82) is 0 Å². The quantitative estimate of drug-likeness (QED) is 0.606. The van der Waals surface area contributed by atoms with Gasteiger partial charge in [0.05, 0.1) is 0 Å². The summed E-state index contributed by atoms with van der Waals surface area (Å²) in [6, 6.07) is 4.91. The molecule has 47 valence electrons. The first kappa shape index (κ1) is 6.99. The number of rotatable bonds is 0. The van der Waals surface area contributed by atoms with Gasteiger partial charge in [0.25, 0.3) is 0 Å². The average Bonchev–Trinajstić information content (AvgIpc) is 1.80. The van der Waals surface area contributed by atoms with Crippen LogP contribution in [0.1, 0.15) is 5.56 Å². The molecule has 1 radical (unpaired) electrons. The van der Waals surface area contributed by atoms with Crippen molar-refractivity contribution < 1.29 is 4.39 Å². The minimum Gasteiger partial charge on any atom is -0.206 e. The summed E-state index contributed by atoms with van der Waals surface area (Å²) in [5.41, 5.74) is 0.716. The van der Waals surface area contributed by atoms with E-state index in [1.165, 1.54) is 6.07 Å². The average molecular weight is 235 g/mol. The molecule has 2 heteroatoms. The van der Waals surface area contributed by atoms with Crippen molar-refractivity contribution in [3.8, 4) is 0 Å². The highest BCUT2D eigenvalue weighted by Crippen LogP contribution is 2.11. The molecule has 0 aliphatic carbocycles. The number of benzene rings is 1. The Labute approximate surface area is 67.2 Å². The molecule has 0 saturated heterocycles. The van der Waals surface area contributed by atoms with Gasteiger partial charge in [-0.05, 0) is 47.2 Å². The second kappa shape index (κ2) is 2.64. The number of hydrogen-bond acceptors (Lipinski definition) is 0. The van der Waals surface area contributed by atoms with Crippen molar-refractivity contribution in [2.45, 2.75) is 0 Å². The highest BCUT2D eigenvalue weighted by molar-refractivity contribution is 14.1. The summed E-state index contributed by atoms with van der Waals surface area (Å²) in [6.07, 6.45) is 0. The third-order valence-corrected chi connectivity index (χ3v) is 1.86. The molecule has 0 fully saturated rings. The third kappa shape index (κ3) is 1.64. The van der Waals surface area contributed by atoms with E-state index in [4.69, 9.17) is 0 Å². The van der Waals surface area contributed by atoms with E-state index in [0.29, 0.717) is 9.13 Å².